The van der Waals surface area contributed by atoms with Crippen LogP contribution >= 0.6 is 11.6 Å². The molecule has 1 aliphatic heterocycles. The van der Waals surface area contributed by atoms with E-state index in [1.54, 1.807) is 0 Å². The quantitative estimate of drug-likeness (QED) is 0.677. The molecule has 0 amide bonds. The molecule has 0 aromatic rings. The lowest BCUT2D eigenvalue weighted by molar-refractivity contribution is -0.196. The topological polar surface area (TPSA) is 63.9 Å². The van der Waals surface area contributed by atoms with Gasteiger partial charge in [-0.2, -0.15) is 13.2 Å². The van der Waals surface area contributed by atoms with E-state index < -0.39 is 29.8 Å². The van der Waals surface area contributed by atoms with Gasteiger partial charge in [-0.05, 0) is 6.92 Å². The Labute approximate surface area is 100 Å². The van der Waals surface area contributed by atoms with Gasteiger partial charge >= 0.3 is 6.18 Å². The first-order valence-electron chi connectivity index (χ1n) is 4.55. The van der Waals surface area contributed by atoms with E-state index in [2.05, 4.69) is 0 Å². The minimum absolute atomic E-state index is 0.121. The number of rotatable bonds is 1. The SMILES string of the molecule is CC1=C(Cl)C(O)C(O)=C(C(O)C(F)(F)F)N1C. The van der Waals surface area contributed by atoms with Crippen molar-refractivity contribution in [2.24, 2.45) is 0 Å². The molecule has 0 fully saturated rings. The monoisotopic (exact) mass is 273 g/mol. The normalized spacial score (nSPS) is 24.5. The molecule has 0 aromatic heterocycles. The molecule has 4 nitrogen and oxygen atoms in total. The third-order valence-corrected chi connectivity index (χ3v) is 3.02. The zero-order valence-corrected chi connectivity index (χ0v) is 9.71. The third-order valence-electron chi connectivity index (χ3n) is 2.54. The molecular weight excluding hydrogens is 263 g/mol. The van der Waals surface area contributed by atoms with E-state index in [4.69, 9.17) is 16.7 Å². The summed E-state index contributed by atoms with van der Waals surface area (Å²) in [4.78, 5) is 0.891. The fourth-order valence-electron chi connectivity index (χ4n) is 1.45. The van der Waals surface area contributed by atoms with Crippen molar-refractivity contribution in [3.63, 3.8) is 0 Å². The van der Waals surface area contributed by atoms with Crippen LogP contribution < -0.4 is 0 Å². The number of aliphatic hydroxyl groups is 3. The van der Waals surface area contributed by atoms with Gasteiger partial charge in [0.1, 0.15) is 11.9 Å². The molecule has 0 bridgehead atoms. The number of aliphatic hydroxyl groups excluding tert-OH is 3. The van der Waals surface area contributed by atoms with E-state index in [0.717, 1.165) is 4.90 Å². The van der Waals surface area contributed by atoms with Crippen LogP contribution in [-0.4, -0.2) is 45.7 Å². The van der Waals surface area contributed by atoms with E-state index >= 15 is 0 Å². The van der Waals surface area contributed by atoms with E-state index in [1.165, 1.54) is 14.0 Å². The highest BCUT2D eigenvalue weighted by Gasteiger charge is 2.46. The molecular formula is C9H11ClF3NO3. The Bertz CT molecular complexity index is 391. The van der Waals surface area contributed by atoms with Crippen LogP contribution in [0.25, 0.3) is 0 Å². The first-order valence-corrected chi connectivity index (χ1v) is 4.92. The maximum atomic E-state index is 12.4. The standard InChI is InChI=1S/C9H11ClF3NO3/c1-3-4(10)6(15)7(16)5(14(3)2)8(17)9(11,12)13/h6,8,15-17H,1-2H3. The molecule has 0 radical (unpaired) electrons. The van der Waals surface area contributed by atoms with Gasteiger partial charge in [0.15, 0.2) is 6.10 Å². The van der Waals surface area contributed by atoms with Crippen LogP contribution in [0.1, 0.15) is 6.92 Å². The smallest absolute Gasteiger partial charge is 0.420 e. The molecule has 3 N–H and O–H groups in total. The molecule has 1 rings (SSSR count). The van der Waals surface area contributed by atoms with Crippen molar-refractivity contribution in [1.29, 1.82) is 0 Å². The molecule has 1 heterocycles. The Morgan fingerprint density at radius 1 is 1.41 bits per heavy atom. The number of allylic oxidation sites excluding steroid dienone is 1. The largest absolute Gasteiger partial charge is 0.507 e. The summed E-state index contributed by atoms with van der Waals surface area (Å²) in [6, 6.07) is 0. The molecule has 0 saturated carbocycles. The van der Waals surface area contributed by atoms with Crippen molar-refractivity contribution in [2.45, 2.75) is 25.3 Å². The molecule has 0 aliphatic carbocycles. The summed E-state index contributed by atoms with van der Waals surface area (Å²) >= 11 is 5.62. The van der Waals surface area contributed by atoms with Crippen LogP contribution in [0.2, 0.25) is 0 Å². The minimum Gasteiger partial charge on any atom is -0.507 e. The second-order valence-corrected chi connectivity index (χ2v) is 4.02. The molecule has 0 spiro atoms. The van der Waals surface area contributed by atoms with Gasteiger partial charge in [0.05, 0.1) is 10.7 Å². The van der Waals surface area contributed by atoms with E-state index in [0.29, 0.717) is 0 Å². The van der Waals surface area contributed by atoms with Crippen molar-refractivity contribution >= 4 is 11.6 Å². The Kier molecular flexibility index (Phi) is 3.66. The maximum absolute atomic E-state index is 12.4. The van der Waals surface area contributed by atoms with Gasteiger partial charge in [-0.25, -0.2) is 0 Å². The second kappa shape index (κ2) is 4.40. The second-order valence-electron chi connectivity index (χ2n) is 3.61. The summed E-state index contributed by atoms with van der Waals surface area (Å²) in [5, 5.41) is 27.8. The van der Waals surface area contributed by atoms with Gasteiger partial charge in [0.25, 0.3) is 0 Å². The zero-order valence-electron chi connectivity index (χ0n) is 8.96. The first kappa shape index (κ1) is 14.1. The number of halogens is 4. The molecule has 1 aliphatic rings. The Balaban J connectivity index is 3.24. The Morgan fingerprint density at radius 3 is 2.29 bits per heavy atom. The van der Waals surface area contributed by atoms with Crippen LogP contribution in [0.3, 0.4) is 0 Å². The van der Waals surface area contributed by atoms with Gasteiger partial charge in [-0.1, -0.05) is 11.6 Å². The van der Waals surface area contributed by atoms with Crippen LogP contribution in [-0.2, 0) is 0 Å². The van der Waals surface area contributed by atoms with E-state index in [1.807, 2.05) is 0 Å². The fourth-order valence-corrected chi connectivity index (χ4v) is 1.68. The third kappa shape index (κ3) is 2.36. The van der Waals surface area contributed by atoms with Crippen molar-refractivity contribution < 1.29 is 28.5 Å². The average Bonchev–Trinajstić information content (AvgIpc) is 2.22. The summed E-state index contributed by atoms with van der Waals surface area (Å²) in [5.41, 5.74) is -0.706. The van der Waals surface area contributed by atoms with Gasteiger partial charge in [0, 0.05) is 12.7 Å². The highest BCUT2D eigenvalue weighted by Crippen LogP contribution is 2.36. The van der Waals surface area contributed by atoms with Crippen LogP contribution in [0.4, 0.5) is 13.2 Å². The van der Waals surface area contributed by atoms with E-state index in [-0.39, 0.29) is 10.7 Å². The van der Waals surface area contributed by atoms with Gasteiger partial charge in [-0.15, -0.1) is 0 Å². The summed E-state index contributed by atoms with van der Waals surface area (Å²) < 4.78 is 37.1. The minimum atomic E-state index is -4.94. The lowest BCUT2D eigenvalue weighted by Crippen LogP contribution is -2.41. The van der Waals surface area contributed by atoms with Gasteiger partial charge in [0.2, 0.25) is 0 Å². The molecule has 2 atom stereocenters. The molecule has 8 heteroatoms. The van der Waals surface area contributed by atoms with Gasteiger partial charge in [-0.3, -0.25) is 0 Å². The van der Waals surface area contributed by atoms with Gasteiger partial charge < -0.3 is 20.2 Å². The van der Waals surface area contributed by atoms with E-state index in [9.17, 15) is 23.4 Å². The summed E-state index contributed by atoms with van der Waals surface area (Å²) in [6.07, 6.45) is -9.58. The maximum Gasteiger partial charge on any atom is 0.420 e. The van der Waals surface area contributed by atoms with Crippen molar-refractivity contribution in [3.05, 3.63) is 22.2 Å². The summed E-state index contributed by atoms with van der Waals surface area (Å²) in [5.74, 6) is -1.01. The lowest BCUT2D eigenvalue weighted by Gasteiger charge is -2.34. The number of likely N-dealkylation sites (N-methyl/N-ethyl adjacent to an activating group) is 1. The van der Waals surface area contributed by atoms with Crippen LogP contribution in [0.15, 0.2) is 22.2 Å². The van der Waals surface area contributed by atoms with Crippen LogP contribution in [0.5, 0.6) is 0 Å². The predicted molar refractivity (Wildman–Crippen MR) is 54.0 cm³/mol. The zero-order chi connectivity index (χ0) is 13.5. The predicted octanol–water partition coefficient (Wildman–Crippen LogP) is 1.46. The number of hydrogen-bond donors (Lipinski definition) is 3. The number of nitrogens with zero attached hydrogens (tertiary/aromatic N) is 1. The highest BCUT2D eigenvalue weighted by atomic mass is 35.5. The lowest BCUT2D eigenvalue weighted by atomic mass is 10.0. The molecule has 0 aromatic carbocycles. The van der Waals surface area contributed by atoms with Crippen molar-refractivity contribution in [3.8, 4) is 0 Å². The van der Waals surface area contributed by atoms with Crippen LogP contribution in [0, 0.1) is 0 Å². The molecule has 17 heavy (non-hydrogen) atoms. The summed E-state index contributed by atoms with van der Waals surface area (Å²) in [7, 11) is 1.20. The first-order chi connectivity index (χ1) is 7.59. The molecule has 0 saturated heterocycles. The summed E-state index contributed by atoms with van der Waals surface area (Å²) in [6.45, 7) is 1.36. The number of hydrogen-bond acceptors (Lipinski definition) is 4. The highest BCUT2D eigenvalue weighted by molar-refractivity contribution is 6.30. The van der Waals surface area contributed by atoms with Crippen molar-refractivity contribution in [1.82, 2.24) is 4.90 Å². The molecule has 98 valence electrons. The number of alkyl halides is 3. The molecule has 2 unspecified atom stereocenters. The van der Waals surface area contributed by atoms with Crippen molar-refractivity contribution in [2.75, 3.05) is 7.05 Å². The average molecular weight is 274 g/mol. The fraction of sp³-hybridized carbons (Fsp3) is 0.556. The Morgan fingerprint density at radius 2 is 1.88 bits per heavy atom. The Hall–Kier alpha value is -0.920.